The van der Waals surface area contributed by atoms with Gasteiger partial charge in [0.1, 0.15) is 0 Å². The van der Waals surface area contributed by atoms with Gasteiger partial charge in [0.15, 0.2) is 0 Å². The standard InChI is InChI=1S/C13H28N2O2/c1-4-12(3)15-8-6-14(7-9-15)10-13(16)11-17-5-2/h12-13,16H,4-11H2,1-3H3. The first-order chi connectivity index (χ1) is 8.17. The molecular weight excluding hydrogens is 216 g/mol. The van der Waals surface area contributed by atoms with Gasteiger partial charge in [-0.2, -0.15) is 0 Å². The highest BCUT2D eigenvalue weighted by atomic mass is 16.5. The van der Waals surface area contributed by atoms with Crippen molar-refractivity contribution < 1.29 is 9.84 Å². The van der Waals surface area contributed by atoms with E-state index in [4.69, 9.17) is 4.74 Å². The molecule has 1 heterocycles. The molecule has 4 heteroatoms. The summed E-state index contributed by atoms with van der Waals surface area (Å²) in [6, 6.07) is 0.686. The van der Waals surface area contributed by atoms with Gasteiger partial charge in [0.2, 0.25) is 0 Å². The molecule has 17 heavy (non-hydrogen) atoms. The van der Waals surface area contributed by atoms with Crippen LogP contribution in [0.2, 0.25) is 0 Å². The van der Waals surface area contributed by atoms with E-state index in [0.29, 0.717) is 19.3 Å². The smallest absolute Gasteiger partial charge is 0.0900 e. The SMILES string of the molecule is CCOCC(O)CN1CCN(C(C)CC)CC1. The molecule has 0 aromatic carbocycles. The van der Waals surface area contributed by atoms with E-state index < -0.39 is 0 Å². The van der Waals surface area contributed by atoms with E-state index in [2.05, 4.69) is 23.6 Å². The van der Waals surface area contributed by atoms with E-state index in [-0.39, 0.29) is 6.10 Å². The highest BCUT2D eigenvalue weighted by Crippen LogP contribution is 2.09. The minimum atomic E-state index is -0.343. The first-order valence-corrected chi connectivity index (χ1v) is 6.89. The summed E-state index contributed by atoms with van der Waals surface area (Å²) in [6.07, 6.45) is 0.873. The van der Waals surface area contributed by atoms with E-state index in [1.165, 1.54) is 6.42 Å². The fraction of sp³-hybridized carbons (Fsp3) is 1.00. The summed E-state index contributed by atoms with van der Waals surface area (Å²) in [5.74, 6) is 0. The second kappa shape index (κ2) is 8.03. The lowest BCUT2D eigenvalue weighted by molar-refractivity contribution is 0.00721. The quantitative estimate of drug-likeness (QED) is 0.718. The van der Waals surface area contributed by atoms with Crippen LogP contribution in [0.1, 0.15) is 27.2 Å². The zero-order valence-corrected chi connectivity index (χ0v) is 11.6. The molecule has 0 spiro atoms. The molecule has 1 fully saturated rings. The predicted octanol–water partition coefficient (Wildman–Crippen LogP) is 0.800. The Bertz CT molecular complexity index is 194. The normalized spacial score (nSPS) is 22.6. The zero-order chi connectivity index (χ0) is 12.7. The summed E-state index contributed by atoms with van der Waals surface area (Å²) in [7, 11) is 0. The van der Waals surface area contributed by atoms with Gasteiger partial charge in [-0.3, -0.25) is 9.80 Å². The second-order valence-corrected chi connectivity index (χ2v) is 4.91. The lowest BCUT2D eigenvalue weighted by Crippen LogP contribution is -2.51. The van der Waals surface area contributed by atoms with Crippen molar-refractivity contribution in [2.45, 2.75) is 39.3 Å². The molecule has 0 radical (unpaired) electrons. The van der Waals surface area contributed by atoms with Crippen LogP contribution < -0.4 is 0 Å². The van der Waals surface area contributed by atoms with Crippen molar-refractivity contribution in [1.29, 1.82) is 0 Å². The van der Waals surface area contributed by atoms with Crippen LogP contribution >= 0.6 is 0 Å². The van der Waals surface area contributed by atoms with Crippen LogP contribution in [0.15, 0.2) is 0 Å². The maximum Gasteiger partial charge on any atom is 0.0900 e. The maximum absolute atomic E-state index is 9.77. The number of ether oxygens (including phenoxy) is 1. The van der Waals surface area contributed by atoms with Gasteiger partial charge in [-0.25, -0.2) is 0 Å². The topological polar surface area (TPSA) is 35.9 Å². The van der Waals surface area contributed by atoms with E-state index in [1.807, 2.05) is 6.92 Å². The summed E-state index contributed by atoms with van der Waals surface area (Å²) in [6.45, 7) is 12.7. The summed E-state index contributed by atoms with van der Waals surface area (Å²) >= 11 is 0. The lowest BCUT2D eigenvalue weighted by Gasteiger charge is -2.38. The van der Waals surface area contributed by atoms with Crippen LogP contribution in [0, 0.1) is 0 Å². The second-order valence-electron chi connectivity index (χ2n) is 4.91. The molecule has 0 aromatic heterocycles. The van der Waals surface area contributed by atoms with E-state index in [0.717, 1.165) is 32.7 Å². The van der Waals surface area contributed by atoms with Crippen LogP contribution in [0.3, 0.4) is 0 Å². The van der Waals surface area contributed by atoms with Gasteiger partial charge in [0.25, 0.3) is 0 Å². The Hall–Kier alpha value is -0.160. The van der Waals surface area contributed by atoms with Crippen molar-refractivity contribution in [3.63, 3.8) is 0 Å². The third-order valence-corrected chi connectivity index (χ3v) is 3.60. The Kier molecular flexibility index (Phi) is 7.04. The highest BCUT2D eigenvalue weighted by Gasteiger charge is 2.21. The Balaban J connectivity index is 2.18. The molecule has 0 amide bonds. The van der Waals surface area contributed by atoms with Crippen molar-refractivity contribution in [1.82, 2.24) is 9.80 Å². The molecule has 1 saturated heterocycles. The van der Waals surface area contributed by atoms with Crippen LogP contribution in [0.4, 0.5) is 0 Å². The number of hydrogen-bond acceptors (Lipinski definition) is 4. The van der Waals surface area contributed by atoms with Crippen LogP contribution in [-0.4, -0.2) is 73.0 Å². The summed E-state index contributed by atoms with van der Waals surface area (Å²) < 4.78 is 5.23. The largest absolute Gasteiger partial charge is 0.389 e. The third-order valence-electron chi connectivity index (χ3n) is 3.60. The van der Waals surface area contributed by atoms with Crippen LogP contribution in [0.5, 0.6) is 0 Å². The number of nitrogens with zero attached hydrogens (tertiary/aromatic N) is 2. The van der Waals surface area contributed by atoms with Crippen molar-refractivity contribution in [3.8, 4) is 0 Å². The zero-order valence-electron chi connectivity index (χ0n) is 11.6. The number of aliphatic hydroxyl groups excluding tert-OH is 1. The molecule has 102 valence electrons. The summed E-state index contributed by atoms with van der Waals surface area (Å²) in [5, 5.41) is 9.77. The number of piperazine rings is 1. The first-order valence-electron chi connectivity index (χ1n) is 6.89. The molecular formula is C13H28N2O2. The minimum absolute atomic E-state index is 0.343. The average molecular weight is 244 g/mol. The molecule has 0 bridgehead atoms. The minimum Gasteiger partial charge on any atom is -0.389 e. The molecule has 0 saturated carbocycles. The average Bonchev–Trinajstić information content (AvgIpc) is 2.36. The van der Waals surface area contributed by atoms with Gasteiger partial charge in [0, 0.05) is 45.4 Å². The molecule has 1 aliphatic heterocycles. The van der Waals surface area contributed by atoms with Crippen molar-refractivity contribution >= 4 is 0 Å². The fourth-order valence-corrected chi connectivity index (χ4v) is 2.25. The van der Waals surface area contributed by atoms with Gasteiger partial charge >= 0.3 is 0 Å². The summed E-state index contributed by atoms with van der Waals surface area (Å²) in [4.78, 5) is 4.87. The number of rotatable bonds is 7. The third kappa shape index (κ3) is 5.34. The predicted molar refractivity (Wildman–Crippen MR) is 70.3 cm³/mol. The van der Waals surface area contributed by atoms with Crippen molar-refractivity contribution in [2.75, 3.05) is 45.9 Å². The number of hydrogen-bond donors (Lipinski definition) is 1. The number of β-amino-alcohol motifs (C(OH)–C–C–N with tert-alkyl or cyclic N) is 1. The number of aliphatic hydroxyl groups is 1. The van der Waals surface area contributed by atoms with E-state index in [1.54, 1.807) is 0 Å². The molecule has 1 N–H and O–H groups in total. The Morgan fingerprint density at radius 3 is 2.35 bits per heavy atom. The summed E-state index contributed by atoms with van der Waals surface area (Å²) in [5.41, 5.74) is 0. The van der Waals surface area contributed by atoms with Gasteiger partial charge in [-0.1, -0.05) is 6.92 Å². The molecule has 0 aliphatic carbocycles. The molecule has 2 atom stereocenters. The van der Waals surface area contributed by atoms with Gasteiger partial charge in [-0.05, 0) is 20.3 Å². The van der Waals surface area contributed by atoms with Gasteiger partial charge in [0.05, 0.1) is 12.7 Å². The monoisotopic (exact) mass is 244 g/mol. The van der Waals surface area contributed by atoms with Crippen LogP contribution in [0.25, 0.3) is 0 Å². The fourth-order valence-electron chi connectivity index (χ4n) is 2.25. The molecule has 4 nitrogen and oxygen atoms in total. The highest BCUT2D eigenvalue weighted by molar-refractivity contribution is 4.77. The maximum atomic E-state index is 9.77. The van der Waals surface area contributed by atoms with Gasteiger partial charge in [-0.15, -0.1) is 0 Å². The van der Waals surface area contributed by atoms with E-state index >= 15 is 0 Å². The molecule has 0 aromatic rings. The van der Waals surface area contributed by atoms with Crippen molar-refractivity contribution in [3.05, 3.63) is 0 Å². The Morgan fingerprint density at radius 1 is 1.18 bits per heavy atom. The Labute approximate surface area is 106 Å². The van der Waals surface area contributed by atoms with Gasteiger partial charge < -0.3 is 9.84 Å². The van der Waals surface area contributed by atoms with Crippen molar-refractivity contribution in [2.24, 2.45) is 0 Å². The van der Waals surface area contributed by atoms with E-state index in [9.17, 15) is 5.11 Å². The molecule has 2 unspecified atom stereocenters. The molecule has 1 rings (SSSR count). The molecule has 1 aliphatic rings. The van der Waals surface area contributed by atoms with Crippen LogP contribution in [-0.2, 0) is 4.74 Å². The lowest BCUT2D eigenvalue weighted by atomic mass is 10.2. The first kappa shape index (κ1) is 14.9. The Morgan fingerprint density at radius 2 is 1.82 bits per heavy atom.